The molecular formula is C8H8N2S. The first-order valence-electron chi connectivity index (χ1n) is 3.40. The molecular weight excluding hydrogens is 156 g/mol. The van der Waals surface area contributed by atoms with Gasteiger partial charge in [-0.3, -0.25) is 9.77 Å². The monoisotopic (exact) mass is 164 g/mol. The van der Waals surface area contributed by atoms with Crippen molar-refractivity contribution in [2.24, 2.45) is 4.99 Å². The highest BCUT2D eigenvalue weighted by Crippen LogP contribution is 2.17. The zero-order valence-corrected chi connectivity index (χ0v) is 6.77. The lowest BCUT2D eigenvalue weighted by Gasteiger charge is -1.94. The van der Waals surface area contributed by atoms with E-state index in [4.69, 9.17) is 4.78 Å². The maximum absolute atomic E-state index is 7.63. The molecule has 3 heteroatoms. The lowest BCUT2D eigenvalue weighted by Crippen LogP contribution is -1.94. The summed E-state index contributed by atoms with van der Waals surface area (Å²) >= 11 is 0. The van der Waals surface area contributed by atoms with Crippen molar-refractivity contribution in [1.29, 1.82) is 4.78 Å². The molecule has 2 aliphatic rings. The number of hydrogen-bond acceptors (Lipinski definition) is 2. The number of hydrogen-bond donors (Lipinski definition) is 1. The van der Waals surface area contributed by atoms with Gasteiger partial charge in [0.1, 0.15) is 5.88 Å². The molecule has 2 nitrogen and oxygen atoms in total. The van der Waals surface area contributed by atoms with Crippen LogP contribution in [0.3, 0.4) is 0 Å². The van der Waals surface area contributed by atoms with E-state index < -0.39 is 10.7 Å². The molecule has 0 saturated heterocycles. The summed E-state index contributed by atoms with van der Waals surface area (Å²) in [6.45, 7) is 0. The molecule has 1 unspecified atom stereocenters. The van der Waals surface area contributed by atoms with Crippen LogP contribution in [0.4, 0.5) is 0 Å². The summed E-state index contributed by atoms with van der Waals surface area (Å²) in [6.07, 6.45) is 9.85. The van der Waals surface area contributed by atoms with Crippen LogP contribution in [0.15, 0.2) is 40.3 Å². The van der Waals surface area contributed by atoms with Crippen molar-refractivity contribution < 1.29 is 0 Å². The van der Waals surface area contributed by atoms with Crippen molar-refractivity contribution in [3.8, 4) is 0 Å². The fourth-order valence-electron chi connectivity index (χ4n) is 1.06. The summed E-state index contributed by atoms with van der Waals surface area (Å²) in [7, 11) is -0.396. The molecule has 56 valence electrons. The molecule has 0 spiro atoms. The van der Waals surface area contributed by atoms with Gasteiger partial charge in [-0.25, -0.2) is 0 Å². The Morgan fingerprint density at radius 2 is 2.27 bits per heavy atom. The third-order valence-corrected chi connectivity index (χ3v) is 2.87. The maximum atomic E-state index is 7.63. The Balaban J connectivity index is 2.49. The summed E-state index contributed by atoms with van der Waals surface area (Å²) in [5, 5.41) is 0. The molecule has 0 aromatic rings. The Morgan fingerprint density at radius 1 is 1.36 bits per heavy atom. The van der Waals surface area contributed by atoms with Crippen molar-refractivity contribution in [2.45, 2.75) is 0 Å². The molecule has 1 N–H and O–H groups in total. The number of fused-ring (bicyclic) bond motifs is 1. The molecule has 0 fully saturated rings. The average Bonchev–Trinajstić information content (AvgIpc) is 2.25. The quantitative estimate of drug-likeness (QED) is 0.566. The van der Waals surface area contributed by atoms with E-state index >= 15 is 0 Å². The standard InChI is InChI=1S/C8H8N2S/c9-11-6-10-7-4-2-1-3-5-8(7)11/h1-5,9H,6H2. The van der Waals surface area contributed by atoms with Gasteiger partial charge in [-0.05, 0) is 22.8 Å². The first-order valence-corrected chi connectivity index (χ1v) is 4.79. The summed E-state index contributed by atoms with van der Waals surface area (Å²) < 4.78 is 7.63. The van der Waals surface area contributed by atoms with Crippen LogP contribution >= 0.6 is 0 Å². The van der Waals surface area contributed by atoms with Crippen molar-refractivity contribution in [1.82, 2.24) is 0 Å². The molecule has 1 aliphatic heterocycles. The van der Waals surface area contributed by atoms with Crippen LogP contribution in [-0.4, -0.2) is 11.6 Å². The van der Waals surface area contributed by atoms with Gasteiger partial charge in [-0.1, -0.05) is 18.2 Å². The molecule has 0 amide bonds. The van der Waals surface area contributed by atoms with Crippen LogP contribution in [0.2, 0.25) is 0 Å². The second-order valence-electron chi connectivity index (χ2n) is 2.34. The van der Waals surface area contributed by atoms with Crippen LogP contribution in [0, 0.1) is 4.78 Å². The fraction of sp³-hybridized carbons (Fsp3) is 0.125. The van der Waals surface area contributed by atoms with Gasteiger partial charge in [0, 0.05) is 4.91 Å². The molecule has 11 heavy (non-hydrogen) atoms. The average molecular weight is 164 g/mol. The Bertz CT molecular complexity index is 321. The molecule has 2 rings (SSSR count). The first kappa shape index (κ1) is 6.73. The summed E-state index contributed by atoms with van der Waals surface area (Å²) in [5.74, 6) is 0.652. The zero-order valence-electron chi connectivity index (χ0n) is 5.95. The van der Waals surface area contributed by atoms with E-state index in [1.807, 2.05) is 30.4 Å². The van der Waals surface area contributed by atoms with Crippen LogP contribution < -0.4 is 0 Å². The second kappa shape index (κ2) is 2.58. The summed E-state index contributed by atoms with van der Waals surface area (Å²) in [5.41, 5.74) is 0.994. The van der Waals surface area contributed by atoms with E-state index in [1.54, 1.807) is 0 Å². The largest absolute Gasteiger partial charge is 0.274 e. The predicted octanol–water partition coefficient (Wildman–Crippen LogP) is 1.79. The second-order valence-corrected chi connectivity index (χ2v) is 3.82. The Hall–Kier alpha value is -0.960. The van der Waals surface area contributed by atoms with Crippen molar-refractivity contribution >= 4 is 16.4 Å². The van der Waals surface area contributed by atoms with E-state index in [0.29, 0.717) is 5.88 Å². The fourth-order valence-corrected chi connectivity index (χ4v) is 2.10. The SMILES string of the molecule is N=S1CN=C2C=CC=CC=C21. The van der Waals surface area contributed by atoms with Crippen LogP contribution in [-0.2, 0) is 10.7 Å². The number of aliphatic imine (C=N–C) groups is 1. The highest BCUT2D eigenvalue weighted by atomic mass is 32.2. The van der Waals surface area contributed by atoms with Gasteiger partial charge < -0.3 is 0 Å². The highest BCUT2D eigenvalue weighted by molar-refractivity contribution is 7.91. The summed E-state index contributed by atoms with van der Waals surface area (Å²) in [6, 6.07) is 0. The minimum Gasteiger partial charge on any atom is -0.274 e. The third kappa shape index (κ3) is 1.12. The molecule has 0 radical (unpaired) electrons. The van der Waals surface area contributed by atoms with Gasteiger partial charge in [-0.2, -0.15) is 0 Å². The van der Waals surface area contributed by atoms with Crippen LogP contribution in [0.1, 0.15) is 0 Å². The van der Waals surface area contributed by atoms with Crippen molar-refractivity contribution in [3.05, 3.63) is 35.3 Å². The smallest absolute Gasteiger partial charge is 0.100 e. The molecule has 0 aromatic carbocycles. The minimum absolute atomic E-state index is 0.396. The number of nitrogens with one attached hydrogen (secondary N) is 1. The van der Waals surface area contributed by atoms with Gasteiger partial charge in [0.2, 0.25) is 0 Å². The lowest BCUT2D eigenvalue weighted by atomic mass is 10.3. The molecule has 0 bridgehead atoms. The van der Waals surface area contributed by atoms with Crippen LogP contribution in [0.25, 0.3) is 0 Å². The van der Waals surface area contributed by atoms with E-state index in [9.17, 15) is 0 Å². The first-order chi connectivity index (χ1) is 5.38. The number of allylic oxidation sites excluding steroid dienone is 6. The van der Waals surface area contributed by atoms with Gasteiger partial charge >= 0.3 is 0 Å². The molecule has 1 atom stereocenters. The van der Waals surface area contributed by atoms with Gasteiger partial charge in [0.25, 0.3) is 0 Å². The van der Waals surface area contributed by atoms with Crippen molar-refractivity contribution in [2.75, 3.05) is 5.88 Å². The van der Waals surface area contributed by atoms with Gasteiger partial charge in [0.15, 0.2) is 0 Å². The van der Waals surface area contributed by atoms with E-state index in [0.717, 1.165) is 10.6 Å². The third-order valence-electron chi connectivity index (χ3n) is 1.61. The Morgan fingerprint density at radius 3 is 3.18 bits per heavy atom. The zero-order chi connectivity index (χ0) is 7.68. The van der Waals surface area contributed by atoms with E-state index in [-0.39, 0.29) is 0 Å². The number of rotatable bonds is 0. The minimum atomic E-state index is -0.396. The maximum Gasteiger partial charge on any atom is 0.100 e. The molecule has 1 aliphatic carbocycles. The normalized spacial score (nSPS) is 27.5. The molecule has 1 heterocycles. The summed E-state index contributed by atoms with van der Waals surface area (Å²) in [4.78, 5) is 5.32. The number of nitrogens with zero attached hydrogens (tertiary/aromatic N) is 1. The lowest BCUT2D eigenvalue weighted by molar-refractivity contribution is 1.39. The van der Waals surface area contributed by atoms with E-state index in [2.05, 4.69) is 4.99 Å². The van der Waals surface area contributed by atoms with Gasteiger partial charge in [-0.15, -0.1) is 0 Å². The molecule has 0 saturated carbocycles. The molecule has 0 aromatic heterocycles. The van der Waals surface area contributed by atoms with E-state index in [1.165, 1.54) is 0 Å². The highest BCUT2D eigenvalue weighted by Gasteiger charge is 2.14. The van der Waals surface area contributed by atoms with Gasteiger partial charge in [0.05, 0.1) is 5.71 Å². The topological polar surface area (TPSA) is 36.2 Å². The van der Waals surface area contributed by atoms with Crippen LogP contribution in [0.5, 0.6) is 0 Å². The Labute approximate surface area is 67.9 Å². The Kier molecular flexibility index (Phi) is 1.58. The van der Waals surface area contributed by atoms with Crippen molar-refractivity contribution in [3.63, 3.8) is 0 Å². The predicted molar refractivity (Wildman–Crippen MR) is 48.7 cm³/mol.